The molecule has 0 aliphatic rings. The standard InChI is InChI=1S/C17H16N4O2/c1-2-3-10-22-14-8-6-13(7-9-14)21-17(15(12-18)19-20-21)16-5-4-11-23-16/h4-9,11H,2-3,10H2,1H3. The molecule has 0 amide bonds. The molecule has 0 aliphatic carbocycles. The molecule has 116 valence electrons. The van der Waals surface area contributed by atoms with Crippen molar-refractivity contribution in [2.75, 3.05) is 6.61 Å². The lowest BCUT2D eigenvalue weighted by Crippen LogP contribution is -2.00. The molecule has 0 unspecified atom stereocenters. The van der Waals surface area contributed by atoms with Crippen molar-refractivity contribution < 1.29 is 9.15 Å². The third-order valence-corrected chi connectivity index (χ3v) is 3.38. The zero-order valence-corrected chi connectivity index (χ0v) is 12.8. The number of nitrogens with zero attached hydrogens (tertiary/aromatic N) is 4. The summed E-state index contributed by atoms with van der Waals surface area (Å²) in [5.74, 6) is 1.36. The summed E-state index contributed by atoms with van der Waals surface area (Å²) >= 11 is 0. The number of nitriles is 1. The summed E-state index contributed by atoms with van der Waals surface area (Å²) in [7, 11) is 0. The van der Waals surface area contributed by atoms with Crippen LogP contribution in [0.15, 0.2) is 47.1 Å². The lowest BCUT2D eigenvalue weighted by atomic mass is 10.2. The van der Waals surface area contributed by atoms with Crippen LogP contribution in [0.5, 0.6) is 5.75 Å². The number of hydrogen-bond acceptors (Lipinski definition) is 5. The van der Waals surface area contributed by atoms with Crippen molar-refractivity contribution in [3.63, 3.8) is 0 Å². The molecule has 0 saturated heterocycles. The van der Waals surface area contributed by atoms with Crippen LogP contribution in [0.4, 0.5) is 0 Å². The van der Waals surface area contributed by atoms with Crippen molar-refractivity contribution in [2.45, 2.75) is 19.8 Å². The number of unbranched alkanes of at least 4 members (excludes halogenated alkanes) is 1. The third kappa shape index (κ3) is 3.09. The molecule has 6 heteroatoms. The first-order chi connectivity index (χ1) is 11.3. The van der Waals surface area contributed by atoms with E-state index in [1.807, 2.05) is 30.3 Å². The van der Waals surface area contributed by atoms with E-state index < -0.39 is 0 Å². The van der Waals surface area contributed by atoms with Crippen LogP contribution in [-0.4, -0.2) is 21.6 Å². The molecule has 2 aromatic heterocycles. The van der Waals surface area contributed by atoms with Gasteiger partial charge in [0.1, 0.15) is 17.5 Å². The van der Waals surface area contributed by atoms with Gasteiger partial charge in [-0.15, -0.1) is 5.10 Å². The topological polar surface area (TPSA) is 76.9 Å². The number of hydrogen-bond donors (Lipinski definition) is 0. The maximum atomic E-state index is 9.21. The molecule has 0 radical (unpaired) electrons. The first-order valence-electron chi connectivity index (χ1n) is 7.46. The van der Waals surface area contributed by atoms with Crippen LogP contribution in [0.2, 0.25) is 0 Å². The van der Waals surface area contributed by atoms with Crippen LogP contribution < -0.4 is 4.74 Å². The predicted molar refractivity (Wildman–Crippen MR) is 84.2 cm³/mol. The Labute approximate surface area is 133 Å². The summed E-state index contributed by atoms with van der Waals surface area (Å²) in [6.07, 6.45) is 3.68. The smallest absolute Gasteiger partial charge is 0.194 e. The minimum Gasteiger partial charge on any atom is -0.494 e. The molecule has 0 spiro atoms. The van der Waals surface area contributed by atoms with Gasteiger partial charge in [0.15, 0.2) is 11.5 Å². The molecule has 0 atom stereocenters. The second-order valence-electron chi connectivity index (χ2n) is 4.98. The minimum atomic E-state index is 0.225. The van der Waals surface area contributed by atoms with E-state index in [0.29, 0.717) is 18.1 Å². The summed E-state index contributed by atoms with van der Waals surface area (Å²) < 4.78 is 12.6. The van der Waals surface area contributed by atoms with Gasteiger partial charge >= 0.3 is 0 Å². The first-order valence-corrected chi connectivity index (χ1v) is 7.46. The molecule has 0 saturated carbocycles. The molecule has 0 fully saturated rings. The number of rotatable bonds is 6. The number of aromatic nitrogens is 3. The van der Waals surface area contributed by atoms with Crippen molar-refractivity contribution in [1.82, 2.24) is 15.0 Å². The lowest BCUT2D eigenvalue weighted by Gasteiger charge is -2.08. The van der Waals surface area contributed by atoms with E-state index in [2.05, 4.69) is 17.2 Å². The van der Waals surface area contributed by atoms with Crippen LogP contribution in [-0.2, 0) is 0 Å². The van der Waals surface area contributed by atoms with Gasteiger partial charge in [-0.25, -0.2) is 4.68 Å². The zero-order valence-electron chi connectivity index (χ0n) is 12.8. The molecule has 3 aromatic rings. The fourth-order valence-electron chi connectivity index (χ4n) is 2.19. The van der Waals surface area contributed by atoms with E-state index in [-0.39, 0.29) is 5.69 Å². The lowest BCUT2D eigenvalue weighted by molar-refractivity contribution is 0.309. The number of benzene rings is 1. The van der Waals surface area contributed by atoms with Crippen LogP contribution >= 0.6 is 0 Å². The summed E-state index contributed by atoms with van der Waals surface area (Å²) in [6.45, 7) is 2.83. The minimum absolute atomic E-state index is 0.225. The van der Waals surface area contributed by atoms with Crippen molar-refractivity contribution in [3.05, 3.63) is 48.4 Å². The first kappa shape index (κ1) is 14.9. The quantitative estimate of drug-likeness (QED) is 0.650. The molecule has 3 rings (SSSR count). The Morgan fingerprint density at radius 3 is 2.74 bits per heavy atom. The summed E-state index contributed by atoms with van der Waals surface area (Å²) in [5.41, 5.74) is 1.55. The average Bonchev–Trinajstić information content (AvgIpc) is 3.24. The second kappa shape index (κ2) is 6.79. The maximum Gasteiger partial charge on any atom is 0.194 e. The van der Waals surface area contributed by atoms with Gasteiger partial charge in [0.25, 0.3) is 0 Å². The Bertz CT molecular complexity index is 798. The second-order valence-corrected chi connectivity index (χ2v) is 4.98. The highest BCUT2D eigenvalue weighted by atomic mass is 16.5. The Balaban J connectivity index is 1.91. The van der Waals surface area contributed by atoms with E-state index in [4.69, 9.17) is 9.15 Å². The van der Waals surface area contributed by atoms with Gasteiger partial charge in [-0.3, -0.25) is 0 Å². The average molecular weight is 308 g/mol. The van der Waals surface area contributed by atoms with Crippen molar-refractivity contribution in [1.29, 1.82) is 5.26 Å². The van der Waals surface area contributed by atoms with Gasteiger partial charge in [-0.1, -0.05) is 18.6 Å². The molecule has 23 heavy (non-hydrogen) atoms. The van der Waals surface area contributed by atoms with Gasteiger partial charge in [-0.05, 0) is 42.8 Å². The van der Waals surface area contributed by atoms with Crippen LogP contribution in [0, 0.1) is 11.3 Å². The monoisotopic (exact) mass is 308 g/mol. The SMILES string of the molecule is CCCCOc1ccc(-n2nnc(C#N)c2-c2ccco2)cc1. The highest BCUT2D eigenvalue weighted by Gasteiger charge is 2.18. The summed E-state index contributed by atoms with van der Waals surface area (Å²) in [6, 6.07) is 13.1. The third-order valence-electron chi connectivity index (χ3n) is 3.38. The Morgan fingerprint density at radius 2 is 2.09 bits per heavy atom. The molecular formula is C17H16N4O2. The van der Waals surface area contributed by atoms with E-state index >= 15 is 0 Å². The number of ether oxygens (including phenoxy) is 1. The van der Waals surface area contributed by atoms with Gasteiger partial charge in [0, 0.05) is 0 Å². The van der Waals surface area contributed by atoms with Crippen molar-refractivity contribution in [2.24, 2.45) is 0 Å². The maximum absolute atomic E-state index is 9.21. The van der Waals surface area contributed by atoms with Gasteiger partial charge in [-0.2, -0.15) is 5.26 Å². The fourth-order valence-corrected chi connectivity index (χ4v) is 2.19. The Hall–Kier alpha value is -3.07. The highest BCUT2D eigenvalue weighted by molar-refractivity contribution is 5.62. The molecule has 6 nitrogen and oxygen atoms in total. The number of furan rings is 1. The zero-order chi connectivity index (χ0) is 16.1. The van der Waals surface area contributed by atoms with E-state index in [9.17, 15) is 5.26 Å². The van der Waals surface area contributed by atoms with Crippen molar-refractivity contribution in [3.8, 4) is 29.0 Å². The van der Waals surface area contributed by atoms with Gasteiger partial charge < -0.3 is 9.15 Å². The largest absolute Gasteiger partial charge is 0.494 e. The molecule has 2 heterocycles. The highest BCUT2D eigenvalue weighted by Crippen LogP contribution is 2.26. The molecule has 0 N–H and O–H groups in total. The van der Waals surface area contributed by atoms with Crippen molar-refractivity contribution >= 4 is 0 Å². The molecule has 0 aliphatic heterocycles. The normalized spacial score (nSPS) is 10.4. The van der Waals surface area contributed by atoms with E-state index in [1.165, 1.54) is 0 Å². The van der Waals surface area contributed by atoms with E-state index in [1.54, 1.807) is 23.1 Å². The van der Waals surface area contributed by atoms with Crippen LogP contribution in [0.3, 0.4) is 0 Å². The summed E-state index contributed by atoms with van der Waals surface area (Å²) in [5, 5.41) is 17.2. The fraction of sp³-hybridized carbons (Fsp3) is 0.235. The van der Waals surface area contributed by atoms with Crippen LogP contribution in [0.1, 0.15) is 25.5 Å². The Morgan fingerprint density at radius 1 is 1.26 bits per heavy atom. The molecule has 1 aromatic carbocycles. The van der Waals surface area contributed by atoms with Gasteiger partial charge in [0.05, 0.1) is 18.6 Å². The Kier molecular flexibility index (Phi) is 4.39. The summed E-state index contributed by atoms with van der Waals surface area (Å²) in [4.78, 5) is 0. The van der Waals surface area contributed by atoms with E-state index in [0.717, 1.165) is 24.3 Å². The van der Waals surface area contributed by atoms with Crippen LogP contribution in [0.25, 0.3) is 17.1 Å². The molecular weight excluding hydrogens is 292 g/mol. The van der Waals surface area contributed by atoms with Gasteiger partial charge in [0.2, 0.25) is 0 Å². The molecule has 0 bridgehead atoms. The predicted octanol–water partition coefficient (Wildman–Crippen LogP) is 3.58.